The molecule has 1 aromatic heterocycles. The van der Waals surface area contributed by atoms with Crippen molar-refractivity contribution in [3.63, 3.8) is 0 Å². The smallest absolute Gasteiger partial charge is 0.271 e. The van der Waals surface area contributed by atoms with Gasteiger partial charge in [-0.25, -0.2) is 4.68 Å². The van der Waals surface area contributed by atoms with Crippen molar-refractivity contribution in [2.75, 3.05) is 13.7 Å². The highest BCUT2D eigenvalue weighted by Crippen LogP contribution is 2.27. The lowest BCUT2D eigenvalue weighted by molar-refractivity contribution is 0.0938. The third kappa shape index (κ3) is 3.62. The minimum absolute atomic E-state index is 0.146. The molecular formula is C13H20ClN3O2. The van der Waals surface area contributed by atoms with E-state index in [0.717, 1.165) is 25.7 Å². The number of aromatic nitrogens is 2. The highest BCUT2D eigenvalue weighted by atomic mass is 35.5. The fourth-order valence-electron chi connectivity index (χ4n) is 2.41. The number of methoxy groups -OCH3 is 1. The highest BCUT2D eigenvalue weighted by Gasteiger charge is 2.20. The van der Waals surface area contributed by atoms with Gasteiger partial charge < -0.3 is 10.1 Å². The molecule has 2 rings (SSSR count). The van der Waals surface area contributed by atoms with Crippen LogP contribution in [0.15, 0.2) is 6.07 Å². The molecule has 0 spiro atoms. The zero-order valence-electron chi connectivity index (χ0n) is 11.4. The summed E-state index contributed by atoms with van der Waals surface area (Å²) in [5.74, 6) is 0.962. The maximum atomic E-state index is 12.0. The van der Waals surface area contributed by atoms with Crippen LogP contribution in [0.25, 0.3) is 0 Å². The van der Waals surface area contributed by atoms with Crippen LogP contribution in [0.5, 0.6) is 5.88 Å². The average molecular weight is 286 g/mol. The van der Waals surface area contributed by atoms with Gasteiger partial charge >= 0.3 is 0 Å². The van der Waals surface area contributed by atoms with Gasteiger partial charge in [0.05, 0.1) is 7.11 Å². The summed E-state index contributed by atoms with van der Waals surface area (Å²) < 4.78 is 6.64. The van der Waals surface area contributed by atoms with Gasteiger partial charge in [0.1, 0.15) is 0 Å². The quantitative estimate of drug-likeness (QED) is 0.861. The largest absolute Gasteiger partial charge is 0.481 e. The van der Waals surface area contributed by atoms with Crippen LogP contribution in [-0.4, -0.2) is 34.7 Å². The molecule has 0 saturated heterocycles. The number of hydrogen-bond acceptors (Lipinski definition) is 3. The minimum atomic E-state index is -0.146. The Balaban J connectivity index is 1.83. The Hall–Kier alpha value is -1.23. The molecule has 1 aliphatic carbocycles. The molecule has 1 fully saturated rings. The molecule has 0 unspecified atom stereocenters. The Bertz CT molecular complexity index is 439. The van der Waals surface area contributed by atoms with Crippen LogP contribution in [0.3, 0.4) is 0 Å². The number of aryl methyl sites for hydroxylation is 1. The molecule has 0 aromatic carbocycles. The van der Waals surface area contributed by atoms with Crippen LogP contribution in [-0.2, 0) is 7.05 Å². The lowest BCUT2D eigenvalue weighted by Gasteiger charge is -2.24. The Morgan fingerprint density at radius 1 is 1.53 bits per heavy atom. The van der Waals surface area contributed by atoms with Gasteiger partial charge in [-0.2, -0.15) is 5.10 Å². The van der Waals surface area contributed by atoms with Crippen molar-refractivity contribution in [1.29, 1.82) is 0 Å². The number of nitrogens with one attached hydrogen (secondary N) is 1. The van der Waals surface area contributed by atoms with Crippen LogP contribution in [0.4, 0.5) is 0 Å². The zero-order chi connectivity index (χ0) is 13.8. The summed E-state index contributed by atoms with van der Waals surface area (Å²) >= 11 is 6.06. The molecule has 1 heterocycles. The molecule has 1 saturated carbocycles. The van der Waals surface area contributed by atoms with Crippen LogP contribution < -0.4 is 10.1 Å². The second-order valence-corrected chi connectivity index (χ2v) is 5.64. The number of halogens is 1. The van der Waals surface area contributed by atoms with E-state index >= 15 is 0 Å². The molecule has 1 aliphatic rings. The summed E-state index contributed by atoms with van der Waals surface area (Å²) in [6, 6.07) is 1.64. The van der Waals surface area contributed by atoms with Gasteiger partial charge in [0, 0.05) is 25.0 Å². The predicted octanol–water partition coefficient (Wildman–Crippen LogP) is 1.96. The minimum Gasteiger partial charge on any atom is -0.481 e. The number of rotatable bonds is 4. The highest BCUT2D eigenvalue weighted by molar-refractivity contribution is 6.20. The first-order valence-corrected chi connectivity index (χ1v) is 7.04. The van der Waals surface area contributed by atoms with Crippen molar-refractivity contribution < 1.29 is 9.53 Å². The maximum absolute atomic E-state index is 12.0. The molecule has 0 radical (unpaired) electrons. The Labute approximate surface area is 118 Å². The van der Waals surface area contributed by atoms with Crippen molar-refractivity contribution in [3.05, 3.63) is 11.8 Å². The average Bonchev–Trinajstić information content (AvgIpc) is 2.79. The van der Waals surface area contributed by atoms with Crippen LogP contribution in [0.2, 0.25) is 0 Å². The van der Waals surface area contributed by atoms with Crippen molar-refractivity contribution in [3.8, 4) is 5.88 Å². The number of nitrogens with zero attached hydrogens (tertiary/aromatic N) is 2. The number of hydrogen-bond donors (Lipinski definition) is 1. The third-order valence-electron chi connectivity index (χ3n) is 3.61. The standard InChI is InChI=1S/C13H20ClN3O2/c1-17-12(19-2)7-11(16-17)13(18)15-8-9-3-5-10(14)6-4-9/h7,9-10H,3-6,8H2,1-2H3,(H,15,18). The van der Waals surface area contributed by atoms with E-state index in [1.165, 1.54) is 0 Å². The molecule has 6 heteroatoms. The van der Waals surface area contributed by atoms with Crippen LogP contribution >= 0.6 is 11.6 Å². The first-order chi connectivity index (χ1) is 9.10. The van der Waals surface area contributed by atoms with Crippen LogP contribution in [0, 0.1) is 5.92 Å². The predicted molar refractivity (Wildman–Crippen MR) is 73.7 cm³/mol. The van der Waals surface area contributed by atoms with E-state index in [-0.39, 0.29) is 5.91 Å². The van der Waals surface area contributed by atoms with E-state index in [4.69, 9.17) is 16.3 Å². The van der Waals surface area contributed by atoms with E-state index in [2.05, 4.69) is 10.4 Å². The maximum Gasteiger partial charge on any atom is 0.271 e. The Kier molecular flexibility index (Phi) is 4.69. The van der Waals surface area contributed by atoms with E-state index in [9.17, 15) is 4.79 Å². The summed E-state index contributed by atoms with van der Waals surface area (Å²) in [6.45, 7) is 0.696. The molecule has 1 aromatic rings. The first-order valence-electron chi connectivity index (χ1n) is 6.60. The molecule has 19 heavy (non-hydrogen) atoms. The number of ether oxygens (including phenoxy) is 1. The van der Waals surface area contributed by atoms with Gasteiger partial charge in [-0.3, -0.25) is 4.79 Å². The van der Waals surface area contributed by atoms with Gasteiger partial charge in [0.15, 0.2) is 5.69 Å². The molecule has 1 N–H and O–H groups in total. The Morgan fingerprint density at radius 2 is 2.21 bits per heavy atom. The SMILES string of the molecule is COc1cc(C(=O)NCC2CCC(Cl)CC2)nn1C. The molecular weight excluding hydrogens is 266 g/mol. The number of carbonyl (C=O) groups is 1. The van der Waals surface area contributed by atoms with Crippen molar-refractivity contribution >= 4 is 17.5 Å². The lowest BCUT2D eigenvalue weighted by atomic mass is 9.89. The molecule has 1 amide bonds. The van der Waals surface area contributed by atoms with Gasteiger partial charge in [-0.15, -0.1) is 11.6 Å². The van der Waals surface area contributed by atoms with Gasteiger partial charge in [0.25, 0.3) is 5.91 Å². The summed E-state index contributed by atoms with van der Waals surface area (Å²) in [5, 5.41) is 7.36. The van der Waals surface area contributed by atoms with Crippen molar-refractivity contribution in [2.24, 2.45) is 13.0 Å². The summed E-state index contributed by atoms with van der Waals surface area (Å²) in [6.07, 6.45) is 4.25. The summed E-state index contributed by atoms with van der Waals surface area (Å²) in [5.41, 5.74) is 0.394. The first kappa shape index (κ1) is 14.2. The Morgan fingerprint density at radius 3 is 2.79 bits per heavy atom. The molecule has 0 aliphatic heterocycles. The molecule has 106 valence electrons. The van der Waals surface area contributed by atoms with E-state index in [0.29, 0.717) is 29.4 Å². The monoisotopic (exact) mass is 285 g/mol. The van der Waals surface area contributed by atoms with Crippen molar-refractivity contribution in [1.82, 2.24) is 15.1 Å². The summed E-state index contributed by atoms with van der Waals surface area (Å²) in [7, 11) is 3.31. The number of amides is 1. The van der Waals surface area contributed by atoms with E-state index < -0.39 is 0 Å². The molecule has 5 nitrogen and oxygen atoms in total. The lowest BCUT2D eigenvalue weighted by Crippen LogP contribution is -2.31. The van der Waals surface area contributed by atoms with Gasteiger partial charge in [-0.05, 0) is 31.6 Å². The van der Waals surface area contributed by atoms with Gasteiger partial charge in [0.2, 0.25) is 5.88 Å². The second kappa shape index (κ2) is 6.28. The third-order valence-corrected chi connectivity index (χ3v) is 4.04. The fourth-order valence-corrected chi connectivity index (χ4v) is 2.66. The van der Waals surface area contributed by atoms with Gasteiger partial charge in [-0.1, -0.05) is 0 Å². The topological polar surface area (TPSA) is 56.1 Å². The van der Waals surface area contributed by atoms with Crippen molar-refractivity contribution in [2.45, 2.75) is 31.1 Å². The fraction of sp³-hybridized carbons (Fsp3) is 0.692. The van der Waals surface area contributed by atoms with E-state index in [1.807, 2.05) is 0 Å². The summed E-state index contributed by atoms with van der Waals surface area (Å²) in [4.78, 5) is 12.0. The van der Waals surface area contributed by atoms with E-state index in [1.54, 1.807) is 24.9 Å². The van der Waals surface area contributed by atoms with Crippen LogP contribution in [0.1, 0.15) is 36.2 Å². The second-order valence-electron chi connectivity index (χ2n) is 5.02. The normalized spacial score (nSPS) is 23.1. The zero-order valence-corrected chi connectivity index (χ0v) is 12.1. The number of alkyl halides is 1. The number of carbonyl (C=O) groups excluding carboxylic acids is 1. The molecule has 0 atom stereocenters. The molecule has 0 bridgehead atoms.